The molecule has 1 aromatic carbocycles. The smallest absolute Gasteiger partial charge is 0.194 e. The molecule has 0 spiro atoms. The highest BCUT2D eigenvalue weighted by molar-refractivity contribution is 6.31. The number of aliphatic hydroxyl groups excluding tert-OH is 1. The molecule has 0 saturated carbocycles. The van der Waals surface area contributed by atoms with Crippen LogP contribution in [-0.2, 0) is 15.0 Å². The van der Waals surface area contributed by atoms with Gasteiger partial charge in [0.05, 0.1) is 11.1 Å². The number of hydrogen-bond donors (Lipinski definition) is 4. The fourth-order valence-corrected chi connectivity index (χ4v) is 3.81. The maximum absolute atomic E-state index is 13.5. The molecule has 8 nitrogen and oxygen atoms in total. The van der Waals surface area contributed by atoms with Crippen molar-refractivity contribution < 1.29 is 34.4 Å². The first-order valence-corrected chi connectivity index (χ1v) is 9.21. The molecule has 8 heteroatoms. The number of rotatable bonds is 5. The average Bonchev–Trinajstić information content (AvgIpc) is 2.93. The van der Waals surface area contributed by atoms with Gasteiger partial charge >= 0.3 is 0 Å². The zero-order valence-electron chi connectivity index (χ0n) is 16.7. The number of carbonyl (C=O) groups is 3. The Morgan fingerprint density at radius 2 is 1.86 bits per heavy atom. The molecule has 1 aliphatic carbocycles. The van der Waals surface area contributed by atoms with E-state index in [0.717, 1.165) is 0 Å². The van der Waals surface area contributed by atoms with E-state index >= 15 is 0 Å². The zero-order chi connectivity index (χ0) is 21.7. The lowest BCUT2D eigenvalue weighted by Crippen LogP contribution is -2.41. The van der Waals surface area contributed by atoms with E-state index in [2.05, 4.69) is 5.32 Å². The Labute approximate surface area is 167 Å². The molecule has 1 atom stereocenters. The molecular weight excluding hydrogens is 378 g/mol. The van der Waals surface area contributed by atoms with Crippen LogP contribution in [0.15, 0.2) is 23.1 Å². The van der Waals surface area contributed by atoms with E-state index in [1.165, 1.54) is 26.8 Å². The van der Waals surface area contributed by atoms with Gasteiger partial charge in [0.25, 0.3) is 0 Å². The second-order valence-corrected chi connectivity index (χ2v) is 7.39. The third-order valence-electron chi connectivity index (χ3n) is 5.48. The van der Waals surface area contributed by atoms with Crippen molar-refractivity contribution in [2.75, 3.05) is 13.2 Å². The SMILES string of the molecule is CC(=O)c1c(O)c(C)c(O)c2c1OC1=CC(=O)/C(=C(/C)NCCCO)C(=O)[C@@]12C. The number of phenolic OH excluding ortho intramolecular Hbond substituents is 2. The number of allylic oxidation sites excluding steroid dienone is 4. The summed E-state index contributed by atoms with van der Waals surface area (Å²) in [5, 5.41) is 32.9. The van der Waals surface area contributed by atoms with Crippen LogP contribution in [0.2, 0.25) is 0 Å². The summed E-state index contributed by atoms with van der Waals surface area (Å²) < 4.78 is 5.69. The first-order chi connectivity index (χ1) is 13.6. The molecule has 0 saturated heterocycles. The fourth-order valence-electron chi connectivity index (χ4n) is 3.81. The summed E-state index contributed by atoms with van der Waals surface area (Å²) in [5.41, 5.74) is -1.29. The predicted octanol–water partition coefficient (Wildman–Crippen LogP) is 1.54. The van der Waals surface area contributed by atoms with Crippen LogP contribution in [0.1, 0.15) is 48.7 Å². The van der Waals surface area contributed by atoms with Crippen LogP contribution in [0.5, 0.6) is 17.2 Å². The lowest BCUT2D eigenvalue weighted by molar-refractivity contribution is -0.123. The average molecular weight is 401 g/mol. The van der Waals surface area contributed by atoms with Crippen molar-refractivity contribution in [2.24, 2.45) is 0 Å². The minimum absolute atomic E-state index is 0.00259. The minimum atomic E-state index is -1.52. The maximum atomic E-state index is 13.5. The van der Waals surface area contributed by atoms with Crippen molar-refractivity contribution in [2.45, 2.75) is 39.5 Å². The number of aliphatic hydroxyl groups is 1. The van der Waals surface area contributed by atoms with E-state index < -0.39 is 28.5 Å². The monoisotopic (exact) mass is 401 g/mol. The second kappa shape index (κ2) is 7.04. The third-order valence-corrected chi connectivity index (χ3v) is 5.48. The Morgan fingerprint density at radius 1 is 1.21 bits per heavy atom. The van der Waals surface area contributed by atoms with Crippen LogP contribution in [0.25, 0.3) is 0 Å². The highest BCUT2D eigenvalue weighted by atomic mass is 16.5. The summed E-state index contributed by atoms with van der Waals surface area (Å²) in [7, 11) is 0. The Morgan fingerprint density at radius 3 is 2.45 bits per heavy atom. The molecule has 2 aliphatic rings. The highest BCUT2D eigenvalue weighted by Crippen LogP contribution is 2.57. The Balaban J connectivity index is 2.25. The highest BCUT2D eigenvalue weighted by Gasteiger charge is 2.56. The maximum Gasteiger partial charge on any atom is 0.194 e. The van der Waals surface area contributed by atoms with Gasteiger partial charge in [0.15, 0.2) is 17.3 Å². The van der Waals surface area contributed by atoms with E-state index in [4.69, 9.17) is 9.84 Å². The quantitative estimate of drug-likeness (QED) is 0.253. The molecule has 29 heavy (non-hydrogen) atoms. The van der Waals surface area contributed by atoms with E-state index in [9.17, 15) is 24.6 Å². The van der Waals surface area contributed by atoms with Crippen LogP contribution < -0.4 is 10.1 Å². The van der Waals surface area contributed by atoms with Gasteiger partial charge in [-0.2, -0.15) is 0 Å². The number of carbonyl (C=O) groups excluding carboxylic acids is 3. The lowest BCUT2D eigenvalue weighted by atomic mass is 9.70. The molecule has 4 N–H and O–H groups in total. The normalized spacial score (nSPS) is 21.9. The number of phenols is 2. The molecule has 1 aromatic rings. The van der Waals surface area contributed by atoms with Crippen molar-refractivity contribution in [3.05, 3.63) is 39.8 Å². The first kappa shape index (κ1) is 20.6. The van der Waals surface area contributed by atoms with Gasteiger partial charge in [-0.15, -0.1) is 0 Å². The number of Topliss-reactive ketones (excluding diaryl/α,β-unsaturated/α-hetero) is 2. The molecule has 0 aromatic heterocycles. The Kier molecular flexibility index (Phi) is 5.00. The minimum Gasteiger partial charge on any atom is -0.507 e. The van der Waals surface area contributed by atoms with Crippen molar-refractivity contribution in [3.63, 3.8) is 0 Å². The molecule has 3 rings (SSSR count). The number of ketones is 3. The van der Waals surface area contributed by atoms with Gasteiger partial charge in [0.1, 0.15) is 34.0 Å². The molecule has 1 aliphatic heterocycles. The molecule has 0 radical (unpaired) electrons. The summed E-state index contributed by atoms with van der Waals surface area (Å²) in [4.78, 5) is 38.2. The first-order valence-electron chi connectivity index (χ1n) is 9.21. The van der Waals surface area contributed by atoms with Crippen LogP contribution in [0.3, 0.4) is 0 Å². The molecule has 0 amide bonds. The number of aromatic hydroxyl groups is 2. The number of ether oxygens (including phenoxy) is 1. The topological polar surface area (TPSA) is 133 Å². The van der Waals surface area contributed by atoms with Crippen molar-refractivity contribution in [1.82, 2.24) is 5.32 Å². The molecule has 154 valence electrons. The van der Waals surface area contributed by atoms with Gasteiger partial charge in [-0.25, -0.2) is 0 Å². The van der Waals surface area contributed by atoms with Crippen LogP contribution in [-0.4, -0.2) is 45.8 Å². The molecule has 0 bridgehead atoms. The summed E-state index contributed by atoms with van der Waals surface area (Å²) in [5.74, 6) is -2.54. The predicted molar refractivity (Wildman–Crippen MR) is 103 cm³/mol. The van der Waals surface area contributed by atoms with Crippen molar-refractivity contribution >= 4 is 17.3 Å². The Hall–Kier alpha value is -3.13. The standard InChI is InChI=1S/C21H23NO7/c1-9-17(26)15(11(3)24)19-16(18(9)27)21(4)13(29-19)8-12(25)14(20(21)28)10(2)22-6-5-7-23/h8,22-23,26-27H,5-7H2,1-4H3/b14-10+/t21-/m0/s1. The van der Waals surface area contributed by atoms with Gasteiger partial charge < -0.3 is 25.4 Å². The largest absolute Gasteiger partial charge is 0.507 e. The van der Waals surface area contributed by atoms with Gasteiger partial charge in [-0.1, -0.05) is 0 Å². The van der Waals surface area contributed by atoms with Crippen LogP contribution in [0.4, 0.5) is 0 Å². The van der Waals surface area contributed by atoms with Gasteiger partial charge in [-0.05, 0) is 34.1 Å². The number of hydrogen-bond acceptors (Lipinski definition) is 8. The Bertz CT molecular complexity index is 1020. The third kappa shape index (κ3) is 2.82. The number of nitrogens with one attached hydrogen (secondary N) is 1. The number of benzene rings is 1. The van der Waals surface area contributed by atoms with Crippen molar-refractivity contribution in [3.8, 4) is 17.2 Å². The zero-order valence-corrected chi connectivity index (χ0v) is 16.7. The van der Waals surface area contributed by atoms with Gasteiger partial charge in [0, 0.05) is 30.5 Å². The summed E-state index contributed by atoms with van der Waals surface area (Å²) in [6, 6.07) is 0. The van der Waals surface area contributed by atoms with E-state index in [-0.39, 0.29) is 46.1 Å². The number of fused-ring (bicyclic) bond motifs is 3. The molecule has 0 fully saturated rings. The van der Waals surface area contributed by atoms with Gasteiger partial charge in [-0.3, -0.25) is 14.4 Å². The van der Waals surface area contributed by atoms with Crippen molar-refractivity contribution in [1.29, 1.82) is 0 Å². The second-order valence-electron chi connectivity index (χ2n) is 7.39. The molecule has 1 heterocycles. The van der Waals surface area contributed by atoms with Crippen LogP contribution >= 0.6 is 0 Å². The lowest BCUT2D eigenvalue weighted by Gasteiger charge is -2.29. The summed E-state index contributed by atoms with van der Waals surface area (Å²) >= 11 is 0. The van der Waals surface area contributed by atoms with Crippen LogP contribution in [0, 0.1) is 6.92 Å². The fraction of sp³-hybridized carbons (Fsp3) is 0.381. The molecular formula is C21H23NO7. The molecule has 0 unspecified atom stereocenters. The van der Waals surface area contributed by atoms with E-state index in [1.807, 2.05) is 0 Å². The van der Waals surface area contributed by atoms with E-state index in [0.29, 0.717) is 18.7 Å². The van der Waals surface area contributed by atoms with Gasteiger partial charge in [0.2, 0.25) is 0 Å². The summed E-state index contributed by atoms with van der Waals surface area (Å²) in [6.45, 7) is 6.11. The van der Waals surface area contributed by atoms with E-state index in [1.54, 1.807) is 6.92 Å². The summed E-state index contributed by atoms with van der Waals surface area (Å²) in [6.07, 6.45) is 1.61.